The molecule has 1 amide bonds. The summed E-state index contributed by atoms with van der Waals surface area (Å²) in [5.41, 5.74) is -0.746. The molecular weight excluding hydrogens is 383 g/mol. The zero-order valence-electron chi connectivity index (χ0n) is 15.2. The number of rotatable bonds is 5. The summed E-state index contributed by atoms with van der Waals surface area (Å²) in [5, 5.41) is 10.7. The first-order chi connectivity index (χ1) is 13.8. The maximum absolute atomic E-state index is 13.2. The summed E-state index contributed by atoms with van der Waals surface area (Å²) in [4.78, 5) is 23.0. The first-order valence-electron chi connectivity index (χ1n) is 8.47. The highest BCUT2D eigenvalue weighted by Gasteiger charge is 2.33. The highest BCUT2D eigenvalue weighted by atomic mass is 19.4. The zero-order chi connectivity index (χ0) is 21.0. The van der Waals surface area contributed by atoms with Gasteiger partial charge >= 0.3 is 6.18 Å². The van der Waals surface area contributed by atoms with Crippen LogP contribution in [0.5, 0.6) is 0 Å². The number of H-pyrrole nitrogens is 1. The fraction of sp³-hybridized carbons (Fsp3) is 0.100. The number of carbonyl (C=O) groups excluding carboxylic acids is 1. The highest BCUT2D eigenvalue weighted by Crippen LogP contribution is 2.32. The molecule has 29 heavy (non-hydrogen) atoms. The molecule has 6 nitrogen and oxygen atoms in total. The molecule has 148 valence electrons. The van der Waals surface area contributed by atoms with Crippen LogP contribution in [0.1, 0.15) is 34.4 Å². The Kier molecular flexibility index (Phi) is 5.58. The van der Waals surface area contributed by atoms with Crippen molar-refractivity contribution in [1.29, 1.82) is 5.41 Å². The summed E-state index contributed by atoms with van der Waals surface area (Å²) >= 11 is 0. The van der Waals surface area contributed by atoms with Crippen molar-refractivity contribution >= 4 is 23.0 Å². The molecule has 0 radical (unpaired) electrons. The number of allylic oxidation sites excluding steroid dienone is 2. The smallest absolute Gasteiger partial charge is 0.325 e. The molecule has 9 heteroatoms. The van der Waals surface area contributed by atoms with Crippen LogP contribution >= 0.6 is 0 Å². The molecule has 2 aromatic heterocycles. The number of aromatic amines is 1. The normalized spacial score (nSPS) is 11.9. The van der Waals surface area contributed by atoms with E-state index in [1.165, 1.54) is 36.7 Å². The Hall–Kier alpha value is -3.75. The van der Waals surface area contributed by atoms with Gasteiger partial charge in [-0.2, -0.15) is 13.2 Å². The quantitative estimate of drug-likeness (QED) is 0.550. The van der Waals surface area contributed by atoms with Gasteiger partial charge in [0.1, 0.15) is 17.3 Å². The van der Waals surface area contributed by atoms with Crippen LogP contribution in [-0.2, 0) is 6.18 Å². The van der Waals surface area contributed by atoms with E-state index in [0.717, 1.165) is 6.07 Å². The van der Waals surface area contributed by atoms with Crippen molar-refractivity contribution in [3.05, 3.63) is 83.6 Å². The van der Waals surface area contributed by atoms with E-state index in [1.54, 1.807) is 25.1 Å². The van der Waals surface area contributed by atoms with E-state index in [2.05, 4.69) is 20.3 Å². The van der Waals surface area contributed by atoms with Gasteiger partial charge in [-0.05, 0) is 36.8 Å². The van der Waals surface area contributed by atoms with E-state index in [4.69, 9.17) is 5.41 Å². The van der Waals surface area contributed by atoms with Crippen LogP contribution in [0.4, 0.5) is 19.0 Å². The topological polar surface area (TPSA) is 94.5 Å². The third kappa shape index (κ3) is 4.75. The molecule has 0 spiro atoms. The second-order valence-corrected chi connectivity index (χ2v) is 6.10. The number of pyridine rings is 1. The van der Waals surface area contributed by atoms with Crippen molar-refractivity contribution in [2.45, 2.75) is 13.1 Å². The van der Waals surface area contributed by atoms with Gasteiger partial charge in [-0.1, -0.05) is 24.3 Å². The van der Waals surface area contributed by atoms with Crippen LogP contribution in [0, 0.1) is 5.41 Å². The van der Waals surface area contributed by atoms with Crippen molar-refractivity contribution in [2.24, 2.45) is 0 Å². The maximum atomic E-state index is 13.2. The summed E-state index contributed by atoms with van der Waals surface area (Å²) in [6.07, 6.45) is -0.405. The number of anilines is 1. The molecule has 0 saturated carbocycles. The summed E-state index contributed by atoms with van der Waals surface area (Å²) < 4.78 is 39.5. The van der Waals surface area contributed by atoms with Gasteiger partial charge in [0.15, 0.2) is 0 Å². The van der Waals surface area contributed by atoms with E-state index in [-0.39, 0.29) is 17.0 Å². The number of hydrogen-bond donors (Lipinski definition) is 3. The molecule has 0 saturated heterocycles. The molecule has 0 bridgehead atoms. The van der Waals surface area contributed by atoms with Crippen LogP contribution in [0.3, 0.4) is 0 Å². The van der Waals surface area contributed by atoms with Gasteiger partial charge in [0, 0.05) is 11.8 Å². The first kappa shape index (κ1) is 20.0. The molecule has 0 aliphatic heterocycles. The molecule has 0 unspecified atom stereocenters. The summed E-state index contributed by atoms with van der Waals surface area (Å²) in [5.74, 6) is 0.176. The number of benzene rings is 1. The number of nitrogens with zero attached hydrogens (tertiary/aromatic N) is 2. The molecule has 2 heterocycles. The van der Waals surface area contributed by atoms with Gasteiger partial charge in [-0.15, -0.1) is 0 Å². The van der Waals surface area contributed by atoms with Crippen LogP contribution < -0.4 is 5.32 Å². The second-order valence-electron chi connectivity index (χ2n) is 6.10. The maximum Gasteiger partial charge on any atom is 0.417 e. The molecule has 0 aliphatic carbocycles. The molecule has 3 N–H and O–H groups in total. The summed E-state index contributed by atoms with van der Waals surface area (Å²) in [6.45, 7) is 1.61. The van der Waals surface area contributed by atoms with Crippen LogP contribution in [0.15, 0.2) is 60.9 Å². The van der Waals surface area contributed by atoms with Gasteiger partial charge in [-0.3, -0.25) is 9.78 Å². The molecular formula is C20H16F3N5O. The number of imidazole rings is 1. The lowest BCUT2D eigenvalue weighted by Gasteiger charge is -2.12. The van der Waals surface area contributed by atoms with Gasteiger partial charge in [-0.25, -0.2) is 4.98 Å². The van der Waals surface area contributed by atoms with E-state index in [9.17, 15) is 18.0 Å². The first-order valence-corrected chi connectivity index (χ1v) is 8.47. The van der Waals surface area contributed by atoms with Crippen LogP contribution in [0.25, 0.3) is 5.57 Å². The average molecular weight is 399 g/mol. The lowest BCUT2D eigenvalue weighted by atomic mass is 10.0. The Balaban J connectivity index is 1.78. The number of carbonyl (C=O) groups is 1. The Morgan fingerprint density at radius 1 is 1.14 bits per heavy atom. The van der Waals surface area contributed by atoms with Crippen molar-refractivity contribution in [2.75, 3.05) is 5.32 Å². The fourth-order valence-electron chi connectivity index (χ4n) is 2.60. The number of aromatic nitrogens is 3. The molecule has 3 rings (SSSR count). The van der Waals surface area contributed by atoms with Gasteiger partial charge in [0.2, 0.25) is 0 Å². The number of halogens is 3. The van der Waals surface area contributed by atoms with Crippen molar-refractivity contribution in [3.8, 4) is 0 Å². The third-order valence-corrected chi connectivity index (χ3v) is 3.98. The van der Waals surface area contributed by atoms with Gasteiger partial charge in [0.25, 0.3) is 5.91 Å². The zero-order valence-corrected chi connectivity index (χ0v) is 15.2. The van der Waals surface area contributed by atoms with Gasteiger partial charge in [0.05, 0.1) is 17.5 Å². The van der Waals surface area contributed by atoms with E-state index >= 15 is 0 Å². The number of amides is 1. The minimum Gasteiger partial charge on any atom is -0.325 e. The standard InChI is InChI=1S/C20H16F3N5O/c1-12(10-15(24)13-6-2-3-7-14(13)20(21,22)23)18-26-11-17(27-18)28-19(29)16-8-4-5-9-25-16/h2-11,24H,1H3,(H,26,27)(H,28,29)/b12-10-,24-15?. The monoisotopic (exact) mass is 399 g/mol. The fourth-order valence-corrected chi connectivity index (χ4v) is 2.60. The van der Waals surface area contributed by atoms with E-state index in [0.29, 0.717) is 17.2 Å². The highest BCUT2D eigenvalue weighted by molar-refractivity contribution is 6.11. The molecule has 1 aromatic carbocycles. The number of alkyl halides is 3. The predicted octanol–water partition coefficient (Wildman–Crippen LogP) is 4.55. The minimum atomic E-state index is -4.56. The number of hydrogen-bond acceptors (Lipinski definition) is 4. The molecule has 0 atom stereocenters. The third-order valence-electron chi connectivity index (χ3n) is 3.98. The SMILES string of the molecule is C/C(=C/C(=N)c1ccccc1C(F)(F)F)c1ncc(NC(=O)c2ccccn2)[nH]1. The van der Waals surface area contributed by atoms with Crippen molar-refractivity contribution < 1.29 is 18.0 Å². The second kappa shape index (κ2) is 8.09. The van der Waals surface area contributed by atoms with Crippen molar-refractivity contribution in [1.82, 2.24) is 15.0 Å². The molecule has 0 aliphatic rings. The average Bonchev–Trinajstić information content (AvgIpc) is 3.16. The van der Waals surface area contributed by atoms with Crippen LogP contribution in [-0.4, -0.2) is 26.6 Å². The summed E-state index contributed by atoms with van der Waals surface area (Å²) in [6, 6.07) is 9.82. The van der Waals surface area contributed by atoms with E-state index < -0.39 is 17.6 Å². The Bertz CT molecular complexity index is 1070. The lowest BCUT2D eigenvalue weighted by Crippen LogP contribution is -2.13. The summed E-state index contributed by atoms with van der Waals surface area (Å²) in [7, 11) is 0. The largest absolute Gasteiger partial charge is 0.417 e. The molecule has 3 aromatic rings. The lowest BCUT2D eigenvalue weighted by molar-refractivity contribution is -0.137. The number of nitrogens with one attached hydrogen (secondary N) is 3. The van der Waals surface area contributed by atoms with Gasteiger partial charge < -0.3 is 15.7 Å². The Labute approximate surface area is 164 Å². The Morgan fingerprint density at radius 2 is 1.86 bits per heavy atom. The van der Waals surface area contributed by atoms with E-state index in [1.807, 2.05) is 0 Å². The van der Waals surface area contributed by atoms with Crippen molar-refractivity contribution in [3.63, 3.8) is 0 Å². The minimum absolute atomic E-state index is 0.224. The van der Waals surface area contributed by atoms with Crippen LogP contribution in [0.2, 0.25) is 0 Å². The molecule has 0 fully saturated rings. The Morgan fingerprint density at radius 3 is 2.55 bits per heavy atom. The predicted molar refractivity (Wildman–Crippen MR) is 103 cm³/mol.